The lowest BCUT2D eigenvalue weighted by Crippen LogP contribution is -2.34. The zero-order valence-electron chi connectivity index (χ0n) is 8.19. The number of halogens is 4. The monoisotopic (exact) mass is 298 g/mol. The maximum absolute atomic E-state index is 12.9. The van der Waals surface area contributed by atoms with E-state index in [0.717, 1.165) is 6.92 Å². The van der Waals surface area contributed by atoms with E-state index in [4.69, 9.17) is 11.6 Å². The van der Waals surface area contributed by atoms with Crippen LogP contribution in [0, 0.1) is 0 Å². The molecule has 0 aliphatic carbocycles. The van der Waals surface area contributed by atoms with Gasteiger partial charge in [0, 0.05) is 13.1 Å². The van der Waals surface area contributed by atoms with Crippen molar-refractivity contribution in [3.05, 3.63) is 21.8 Å². The molecule has 1 aromatic rings. The Bertz CT molecular complexity index is 354. The van der Waals surface area contributed by atoms with Crippen molar-refractivity contribution >= 4 is 33.3 Å². The molecule has 0 saturated heterocycles. The van der Waals surface area contributed by atoms with Crippen molar-refractivity contribution in [2.45, 2.75) is 25.8 Å². The Labute approximate surface area is 100 Å². The summed E-state index contributed by atoms with van der Waals surface area (Å²) in [6, 6.07) is 0.597. The summed E-state index contributed by atoms with van der Waals surface area (Å²) in [5.41, 5.74) is 0. The predicted octanol–water partition coefficient (Wildman–Crippen LogP) is 3.95. The molecule has 1 unspecified atom stereocenters. The number of pyridine rings is 1. The van der Waals surface area contributed by atoms with Crippen LogP contribution in [0.1, 0.15) is 13.8 Å². The van der Waals surface area contributed by atoms with E-state index < -0.39 is 12.0 Å². The Hall–Kier alpha value is -0.420. The van der Waals surface area contributed by atoms with Crippen LogP contribution in [0.25, 0.3) is 0 Å². The normalized spacial score (nSPS) is 13.7. The van der Waals surface area contributed by atoms with Crippen molar-refractivity contribution in [3.63, 3.8) is 0 Å². The maximum atomic E-state index is 12.9. The van der Waals surface area contributed by atoms with Crippen LogP contribution in [-0.4, -0.2) is 16.9 Å². The third-order valence-electron chi connectivity index (χ3n) is 1.92. The minimum Gasteiger partial charge on any atom is -0.361 e. The Balaban J connectivity index is 2.82. The molecule has 0 spiro atoms. The van der Waals surface area contributed by atoms with Crippen LogP contribution >= 0.6 is 27.5 Å². The first-order valence-electron chi connectivity index (χ1n) is 4.26. The molecule has 6 heteroatoms. The van der Waals surface area contributed by atoms with Crippen molar-refractivity contribution in [1.29, 1.82) is 0 Å². The van der Waals surface area contributed by atoms with Gasteiger partial charge in [-0.1, -0.05) is 11.6 Å². The molecule has 0 bridgehead atoms. The van der Waals surface area contributed by atoms with Gasteiger partial charge in [-0.2, -0.15) is 0 Å². The number of hydrogen-bond acceptors (Lipinski definition) is 2. The second-order valence-electron chi connectivity index (χ2n) is 3.31. The Morgan fingerprint density at radius 3 is 2.67 bits per heavy atom. The fraction of sp³-hybridized carbons (Fsp3) is 0.444. The fourth-order valence-corrected chi connectivity index (χ4v) is 1.61. The van der Waals surface area contributed by atoms with Crippen LogP contribution < -0.4 is 5.32 Å². The summed E-state index contributed by atoms with van der Waals surface area (Å²) < 4.78 is 26.3. The molecule has 2 nitrogen and oxygen atoms in total. The van der Waals surface area contributed by atoms with Gasteiger partial charge in [-0.05, 0) is 28.9 Å². The number of rotatable bonds is 3. The Morgan fingerprint density at radius 2 is 2.20 bits per heavy atom. The van der Waals surface area contributed by atoms with E-state index in [2.05, 4.69) is 26.2 Å². The van der Waals surface area contributed by atoms with Crippen molar-refractivity contribution in [2.75, 3.05) is 5.32 Å². The molecule has 1 N–H and O–H groups in total. The summed E-state index contributed by atoms with van der Waals surface area (Å²) >= 11 is 8.86. The molecule has 0 amide bonds. The fourth-order valence-electron chi connectivity index (χ4n) is 0.853. The standard InChI is InChI=1S/C9H10BrClF2N2/c1-5(9(2,12)13)15-8-7(10)3-6(11)4-14-8/h3-5H,1-2H3,(H,14,15). The van der Waals surface area contributed by atoms with E-state index in [1.165, 1.54) is 13.1 Å². The zero-order chi connectivity index (χ0) is 11.6. The van der Waals surface area contributed by atoms with Crippen LogP contribution in [0.3, 0.4) is 0 Å². The van der Waals surface area contributed by atoms with Gasteiger partial charge in [0.2, 0.25) is 0 Å². The lowest BCUT2D eigenvalue weighted by molar-refractivity contribution is 0.00687. The second kappa shape index (κ2) is 4.61. The van der Waals surface area contributed by atoms with Gasteiger partial charge < -0.3 is 5.32 Å². The van der Waals surface area contributed by atoms with Crippen molar-refractivity contribution in [2.24, 2.45) is 0 Å². The lowest BCUT2D eigenvalue weighted by atomic mass is 10.2. The summed E-state index contributed by atoms with van der Waals surface area (Å²) in [4.78, 5) is 3.91. The average molecular weight is 300 g/mol. The Morgan fingerprint density at radius 1 is 1.60 bits per heavy atom. The van der Waals surface area contributed by atoms with Crippen molar-refractivity contribution in [1.82, 2.24) is 4.98 Å². The highest BCUT2D eigenvalue weighted by molar-refractivity contribution is 9.10. The van der Waals surface area contributed by atoms with Gasteiger partial charge in [0.25, 0.3) is 5.92 Å². The smallest absolute Gasteiger partial charge is 0.264 e. The summed E-state index contributed by atoms with van der Waals surface area (Å²) in [5, 5.41) is 3.06. The number of aromatic nitrogens is 1. The molecule has 1 rings (SSSR count). The SMILES string of the molecule is CC(Nc1ncc(Cl)cc1Br)C(C)(F)F. The first-order valence-corrected chi connectivity index (χ1v) is 5.43. The second-order valence-corrected chi connectivity index (χ2v) is 4.60. The third-order valence-corrected chi connectivity index (χ3v) is 2.73. The van der Waals surface area contributed by atoms with Crippen LogP contribution in [0.5, 0.6) is 0 Å². The first-order chi connectivity index (χ1) is 6.80. The van der Waals surface area contributed by atoms with E-state index >= 15 is 0 Å². The van der Waals surface area contributed by atoms with E-state index in [1.54, 1.807) is 6.07 Å². The van der Waals surface area contributed by atoms with Crippen LogP contribution in [0.2, 0.25) is 5.02 Å². The average Bonchev–Trinajstić information content (AvgIpc) is 2.08. The molecule has 0 aliphatic heterocycles. The van der Waals surface area contributed by atoms with Crippen LogP contribution in [0.15, 0.2) is 16.7 Å². The lowest BCUT2D eigenvalue weighted by Gasteiger charge is -2.21. The zero-order valence-corrected chi connectivity index (χ0v) is 10.5. The molecular formula is C9H10BrClF2N2. The number of nitrogens with one attached hydrogen (secondary N) is 1. The quantitative estimate of drug-likeness (QED) is 0.914. The largest absolute Gasteiger partial charge is 0.361 e. The summed E-state index contributed by atoms with van der Waals surface area (Å²) in [7, 11) is 0. The summed E-state index contributed by atoms with van der Waals surface area (Å²) in [6.07, 6.45) is 1.40. The highest BCUT2D eigenvalue weighted by atomic mass is 79.9. The molecule has 0 fully saturated rings. The van der Waals surface area contributed by atoms with E-state index in [-0.39, 0.29) is 0 Å². The van der Waals surface area contributed by atoms with E-state index in [0.29, 0.717) is 15.3 Å². The number of nitrogens with zero attached hydrogens (tertiary/aromatic N) is 1. The van der Waals surface area contributed by atoms with E-state index in [9.17, 15) is 8.78 Å². The van der Waals surface area contributed by atoms with Gasteiger partial charge >= 0.3 is 0 Å². The van der Waals surface area contributed by atoms with Gasteiger partial charge in [-0.15, -0.1) is 0 Å². The molecular weight excluding hydrogens is 289 g/mol. The van der Waals surface area contributed by atoms with Gasteiger partial charge in [0.1, 0.15) is 5.82 Å². The third kappa shape index (κ3) is 3.57. The number of anilines is 1. The van der Waals surface area contributed by atoms with Crippen LogP contribution in [-0.2, 0) is 0 Å². The molecule has 0 aromatic carbocycles. The van der Waals surface area contributed by atoms with Crippen molar-refractivity contribution < 1.29 is 8.78 Å². The number of alkyl halides is 2. The molecule has 1 aromatic heterocycles. The minimum absolute atomic E-state index is 0.355. The maximum Gasteiger partial charge on any atom is 0.264 e. The molecule has 0 radical (unpaired) electrons. The van der Waals surface area contributed by atoms with Crippen LogP contribution in [0.4, 0.5) is 14.6 Å². The van der Waals surface area contributed by atoms with E-state index in [1.807, 2.05) is 0 Å². The molecule has 0 saturated carbocycles. The van der Waals surface area contributed by atoms with Gasteiger partial charge in [0.15, 0.2) is 0 Å². The highest BCUT2D eigenvalue weighted by Gasteiger charge is 2.30. The first kappa shape index (κ1) is 12.6. The van der Waals surface area contributed by atoms with Gasteiger partial charge in [-0.25, -0.2) is 13.8 Å². The molecule has 1 atom stereocenters. The highest BCUT2D eigenvalue weighted by Crippen LogP contribution is 2.26. The predicted molar refractivity (Wildman–Crippen MR) is 60.7 cm³/mol. The Kier molecular flexibility index (Phi) is 3.89. The minimum atomic E-state index is -2.80. The van der Waals surface area contributed by atoms with Crippen molar-refractivity contribution in [3.8, 4) is 0 Å². The topological polar surface area (TPSA) is 24.9 Å². The number of hydrogen-bond donors (Lipinski definition) is 1. The molecule has 1 heterocycles. The van der Waals surface area contributed by atoms with Gasteiger partial charge in [-0.3, -0.25) is 0 Å². The van der Waals surface area contributed by atoms with Gasteiger partial charge in [0.05, 0.1) is 15.5 Å². The molecule has 84 valence electrons. The summed E-state index contributed by atoms with van der Waals surface area (Å²) in [6.45, 7) is 2.25. The molecule has 0 aliphatic rings. The molecule has 15 heavy (non-hydrogen) atoms. The summed E-state index contributed by atoms with van der Waals surface area (Å²) in [5.74, 6) is -2.45.